The highest BCUT2D eigenvalue weighted by atomic mass is 19.1. The van der Waals surface area contributed by atoms with E-state index in [1.807, 2.05) is 25.3 Å². The molecule has 202 valence electrons. The van der Waals surface area contributed by atoms with Gasteiger partial charge in [-0.2, -0.15) is 0 Å². The lowest BCUT2D eigenvalue weighted by Gasteiger charge is -2.34. The minimum atomic E-state index is -0.686. The van der Waals surface area contributed by atoms with Crippen molar-refractivity contribution in [2.45, 2.75) is 40.2 Å². The summed E-state index contributed by atoms with van der Waals surface area (Å²) in [6.07, 6.45) is 1.84. The van der Waals surface area contributed by atoms with E-state index in [0.717, 1.165) is 50.1 Å². The van der Waals surface area contributed by atoms with Crippen LogP contribution in [0.15, 0.2) is 52.3 Å². The Bertz CT molecular complexity index is 1360. The number of nitrogens with zero attached hydrogens (tertiary/aromatic N) is 6. The van der Waals surface area contributed by atoms with Gasteiger partial charge in [0.2, 0.25) is 0 Å². The van der Waals surface area contributed by atoms with Crippen molar-refractivity contribution in [1.29, 1.82) is 0 Å². The third-order valence-corrected chi connectivity index (χ3v) is 6.99. The number of halogens is 2. The normalized spacial score (nSPS) is 15.5. The number of rotatable bonds is 9. The predicted octanol–water partition coefficient (Wildman–Crippen LogP) is 5.75. The molecule has 38 heavy (non-hydrogen) atoms. The molecule has 1 aliphatic heterocycles. The summed E-state index contributed by atoms with van der Waals surface area (Å²) < 4.78 is 32.1. The van der Waals surface area contributed by atoms with E-state index >= 15 is 8.78 Å². The first-order chi connectivity index (χ1) is 18.2. The molecule has 0 saturated carbocycles. The molecule has 0 bridgehead atoms. The Morgan fingerprint density at radius 3 is 2.58 bits per heavy atom. The lowest BCUT2D eigenvalue weighted by Crippen LogP contribution is -2.44. The Morgan fingerprint density at radius 1 is 1.18 bits per heavy atom. The number of hydrogen-bond donors (Lipinski definition) is 1. The van der Waals surface area contributed by atoms with Crippen LogP contribution >= 0.6 is 0 Å². The van der Waals surface area contributed by atoms with Crippen molar-refractivity contribution in [2.75, 3.05) is 50.1 Å². The largest absolute Gasteiger partial charge is 0.369 e. The molecule has 2 heterocycles. The van der Waals surface area contributed by atoms with Crippen molar-refractivity contribution in [3.05, 3.63) is 65.1 Å². The molecule has 7 nitrogen and oxygen atoms in total. The van der Waals surface area contributed by atoms with E-state index in [4.69, 9.17) is 0 Å². The van der Waals surface area contributed by atoms with Crippen molar-refractivity contribution in [1.82, 2.24) is 14.5 Å². The summed E-state index contributed by atoms with van der Waals surface area (Å²) in [6.45, 7) is 15.5. The van der Waals surface area contributed by atoms with Crippen molar-refractivity contribution in [2.24, 2.45) is 9.98 Å². The number of hydrogen-bond acceptors (Lipinski definition) is 6. The van der Waals surface area contributed by atoms with E-state index in [-0.39, 0.29) is 23.9 Å². The summed E-state index contributed by atoms with van der Waals surface area (Å²) in [5, 5.41) is 3.32. The fourth-order valence-electron chi connectivity index (χ4n) is 5.01. The van der Waals surface area contributed by atoms with E-state index in [2.05, 4.69) is 69.0 Å². The zero-order chi connectivity index (χ0) is 27.4. The standard InChI is InChI=1S/C29H37F2N7/c1-7-21-14-23(37-12-10-36(6)11-13-37)8-9-26(21)33-18-34-28(25(31)17-32-5)22-15-24(30)29-27(16-22)38(19(2)3)20(4)35-29/h8-9,14-17,19,33H,5,7,10-13,18H2,1-4,6H3/b25-17+,34-28?. The fourth-order valence-corrected chi connectivity index (χ4v) is 5.01. The minimum absolute atomic E-state index is 0.00645. The molecule has 1 aliphatic rings. The number of aryl methyl sites for hydroxylation is 2. The molecule has 1 aromatic heterocycles. The molecule has 9 heteroatoms. The quantitative estimate of drug-likeness (QED) is 0.364. The molecule has 0 aliphatic carbocycles. The third-order valence-electron chi connectivity index (χ3n) is 6.99. The number of benzene rings is 2. The van der Waals surface area contributed by atoms with Gasteiger partial charge >= 0.3 is 0 Å². The summed E-state index contributed by atoms with van der Waals surface area (Å²) in [7, 11) is 2.14. The molecule has 1 N–H and O–H groups in total. The van der Waals surface area contributed by atoms with Gasteiger partial charge < -0.3 is 19.7 Å². The molecular weight excluding hydrogens is 484 g/mol. The number of likely N-dealkylation sites (N-methyl/N-ethyl adjacent to an activating group) is 1. The lowest BCUT2D eigenvalue weighted by molar-refractivity contribution is 0.313. The van der Waals surface area contributed by atoms with Crippen LogP contribution in [0.2, 0.25) is 0 Å². The summed E-state index contributed by atoms with van der Waals surface area (Å²) in [5.41, 5.74) is 4.48. The van der Waals surface area contributed by atoms with Gasteiger partial charge in [0, 0.05) is 49.2 Å². The van der Waals surface area contributed by atoms with Gasteiger partial charge in [-0.25, -0.2) is 13.8 Å². The molecule has 0 atom stereocenters. The van der Waals surface area contributed by atoms with Gasteiger partial charge in [-0.15, -0.1) is 0 Å². The van der Waals surface area contributed by atoms with Crippen LogP contribution in [0.25, 0.3) is 11.0 Å². The Balaban J connectivity index is 1.63. The number of piperazine rings is 1. The van der Waals surface area contributed by atoms with Gasteiger partial charge in [0.1, 0.15) is 23.7 Å². The maximum atomic E-state index is 15.1. The molecule has 4 rings (SSSR count). The van der Waals surface area contributed by atoms with Gasteiger partial charge in [-0.3, -0.25) is 9.98 Å². The van der Waals surface area contributed by atoms with E-state index in [1.165, 1.54) is 11.8 Å². The van der Waals surface area contributed by atoms with E-state index in [1.54, 1.807) is 6.07 Å². The average molecular weight is 522 g/mol. The highest BCUT2D eigenvalue weighted by Gasteiger charge is 2.19. The molecule has 1 fully saturated rings. The van der Waals surface area contributed by atoms with Crippen LogP contribution < -0.4 is 10.2 Å². The molecule has 3 aromatic rings. The molecule has 0 amide bonds. The first kappa shape index (κ1) is 27.4. The molecule has 1 saturated heterocycles. The zero-order valence-electron chi connectivity index (χ0n) is 22.9. The summed E-state index contributed by atoms with van der Waals surface area (Å²) in [4.78, 5) is 17.2. The predicted molar refractivity (Wildman–Crippen MR) is 154 cm³/mol. The SMILES string of the molecule is C=N/C=C(/F)C(=NCNc1ccc(N2CCN(C)CC2)cc1CC)c1cc(F)c2nc(C)n(C(C)C)c2c1. The van der Waals surface area contributed by atoms with Gasteiger partial charge in [0.25, 0.3) is 0 Å². The van der Waals surface area contributed by atoms with Gasteiger partial charge in [-0.05, 0) is 76.9 Å². The van der Waals surface area contributed by atoms with Crippen LogP contribution in [0.1, 0.15) is 43.8 Å². The minimum Gasteiger partial charge on any atom is -0.369 e. The second kappa shape index (κ2) is 11.9. The van der Waals surface area contributed by atoms with Crippen molar-refractivity contribution < 1.29 is 8.78 Å². The smallest absolute Gasteiger partial charge is 0.167 e. The third kappa shape index (κ3) is 5.78. The van der Waals surface area contributed by atoms with Gasteiger partial charge in [-0.1, -0.05) is 6.92 Å². The maximum absolute atomic E-state index is 15.1. The summed E-state index contributed by atoms with van der Waals surface area (Å²) >= 11 is 0. The van der Waals surface area contributed by atoms with E-state index < -0.39 is 11.6 Å². The number of allylic oxidation sites excluding steroid dienone is 1. The maximum Gasteiger partial charge on any atom is 0.167 e. The van der Waals surface area contributed by atoms with Crippen LogP contribution in [-0.4, -0.2) is 66.8 Å². The number of nitrogens with one attached hydrogen (secondary N) is 1. The van der Waals surface area contributed by atoms with Gasteiger partial charge in [0.15, 0.2) is 11.6 Å². The first-order valence-corrected chi connectivity index (χ1v) is 13.1. The second-order valence-electron chi connectivity index (χ2n) is 9.94. The lowest BCUT2D eigenvalue weighted by atomic mass is 10.1. The number of imidazole rings is 1. The Labute approximate surface area is 223 Å². The summed E-state index contributed by atoms with van der Waals surface area (Å²) in [6, 6.07) is 9.44. The Morgan fingerprint density at radius 2 is 1.92 bits per heavy atom. The fraction of sp³-hybridized carbons (Fsp3) is 0.414. The highest BCUT2D eigenvalue weighted by molar-refractivity contribution is 6.12. The monoisotopic (exact) mass is 521 g/mol. The topological polar surface area (TPSA) is 61.1 Å². The molecular formula is C29H37F2N7. The Hall–Kier alpha value is -3.59. The summed E-state index contributed by atoms with van der Waals surface area (Å²) in [5.74, 6) is -0.510. The average Bonchev–Trinajstić information content (AvgIpc) is 3.23. The van der Waals surface area contributed by atoms with Crippen LogP contribution in [0.4, 0.5) is 20.2 Å². The molecule has 0 unspecified atom stereocenters. The van der Waals surface area contributed by atoms with Crippen LogP contribution in [0.5, 0.6) is 0 Å². The van der Waals surface area contributed by atoms with E-state index in [9.17, 15) is 0 Å². The van der Waals surface area contributed by atoms with Crippen molar-refractivity contribution >= 4 is 34.8 Å². The second-order valence-corrected chi connectivity index (χ2v) is 9.94. The number of fused-ring (bicyclic) bond motifs is 1. The number of anilines is 2. The van der Waals surface area contributed by atoms with Crippen molar-refractivity contribution in [3.63, 3.8) is 0 Å². The van der Waals surface area contributed by atoms with Crippen LogP contribution in [0, 0.1) is 12.7 Å². The highest BCUT2D eigenvalue weighted by Crippen LogP contribution is 2.27. The zero-order valence-corrected chi connectivity index (χ0v) is 22.9. The Kier molecular flexibility index (Phi) is 8.56. The molecule has 0 spiro atoms. The first-order valence-electron chi connectivity index (χ1n) is 13.1. The molecule has 0 radical (unpaired) electrons. The van der Waals surface area contributed by atoms with Gasteiger partial charge in [0.05, 0.1) is 11.7 Å². The number of aliphatic imine (C=N–C) groups is 2. The van der Waals surface area contributed by atoms with Crippen LogP contribution in [0.3, 0.4) is 0 Å². The van der Waals surface area contributed by atoms with Crippen molar-refractivity contribution in [3.8, 4) is 0 Å². The van der Waals surface area contributed by atoms with Crippen LogP contribution in [-0.2, 0) is 6.42 Å². The van der Waals surface area contributed by atoms with E-state index in [0.29, 0.717) is 16.9 Å². The number of aromatic nitrogens is 2. The molecule has 2 aromatic carbocycles.